The van der Waals surface area contributed by atoms with Gasteiger partial charge in [0.2, 0.25) is 0 Å². The van der Waals surface area contributed by atoms with Crippen LogP contribution in [0.1, 0.15) is 50.7 Å². The Bertz CT molecular complexity index is 401. The summed E-state index contributed by atoms with van der Waals surface area (Å²) >= 11 is 0. The van der Waals surface area contributed by atoms with Crippen molar-refractivity contribution in [3.8, 4) is 0 Å². The van der Waals surface area contributed by atoms with Gasteiger partial charge in [0.05, 0.1) is 0 Å². The minimum absolute atomic E-state index is 0.148. The zero-order valence-corrected chi connectivity index (χ0v) is 12.6. The van der Waals surface area contributed by atoms with Crippen LogP contribution in [0.25, 0.3) is 0 Å². The number of rotatable bonds is 9. The Morgan fingerprint density at radius 3 is 2.55 bits per heavy atom. The fraction of sp³-hybridized carbons (Fsp3) is 0.562. The maximum atomic E-state index is 8.61. The Morgan fingerprint density at radius 1 is 1.30 bits per heavy atom. The van der Waals surface area contributed by atoms with Crippen LogP contribution in [0.3, 0.4) is 0 Å². The molecule has 0 radical (unpaired) electrons. The highest BCUT2D eigenvalue weighted by atomic mass is 16.4. The molecule has 4 nitrogen and oxygen atoms in total. The highest BCUT2D eigenvalue weighted by Crippen LogP contribution is 2.11. The van der Waals surface area contributed by atoms with E-state index in [4.69, 9.17) is 10.9 Å². The number of unbranched alkanes of at least 4 members (excludes halogenated alkanes) is 1. The van der Waals surface area contributed by atoms with Crippen LogP contribution < -0.4 is 11.1 Å². The predicted octanol–water partition coefficient (Wildman–Crippen LogP) is 3.09. The number of nitrogens with zero attached hydrogens (tertiary/aromatic N) is 1. The quantitative estimate of drug-likeness (QED) is 0.281. The summed E-state index contributed by atoms with van der Waals surface area (Å²) in [6.45, 7) is 6.43. The number of oxime groups is 1. The number of amidine groups is 1. The van der Waals surface area contributed by atoms with Gasteiger partial charge in [-0.25, -0.2) is 0 Å². The summed E-state index contributed by atoms with van der Waals surface area (Å²) in [7, 11) is 0. The van der Waals surface area contributed by atoms with Gasteiger partial charge in [-0.1, -0.05) is 62.5 Å². The zero-order chi connectivity index (χ0) is 14.8. The molecule has 0 aliphatic rings. The highest BCUT2D eigenvalue weighted by molar-refractivity contribution is 5.96. The van der Waals surface area contributed by atoms with E-state index in [9.17, 15) is 0 Å². The molecule has 0 amide bonds. The lowest BCUT2D eigenvalue weighted by Crippen LogP contribution is -2.22. The van der Waals surface area contributed by atoms with Gasteiger partial charge in [-0.05, 0) is 24.4 Å². The average molecular weight is 277 g/mol. The molecule has 1 unspecified atom stereocenters. The molecule has 0 aliphatic carbocycles. The molecule has 1 aromatic carbocycles. The molecule has 0 heterocycles. The summed E-state index contributed by atoms with van der Waals surface area (Å²) < 4.78 is 0. The molecule has 0 spiro atoms. The Balaban J connectivity index is 2.38. The van der Waals surface area contributed by atoms with Crippen molar-refractivity contribution in [2.45, 2.75) is 46.1 Å². The van der Waals surface area contributed by atoms with Crippen molar-refractivity contribution in [3.05, 3.63) is 35.4 Å². The number of hydrogen-bond donors (Lipinski definition) is 3. The van der Waals surface area contributed by atoms with E-state index in [0.717, 1.165) is 24.6 Å². The first-order chi connectivity index (χ1) is 9.71. The van der Waals surface area contributed by atoms with E-state index in [1.165, 1.54) is 31.2 Å². The first-order valence-corrected chi connectivity index (χ1v) is 7.48. The van der Waals surface area contributed by atoms with Crippen LogP contribution in [0.4, 0.5) is 0 Å². The van der Waals surface area contributed by atoms with Gasteiger partial charge in [0.15, 0.2) is 5.84 Å². The molecule has 112 valence electrons. The molecule has 1 aromatic rings. The lowest BCUT2D eigenvalue weighted by molar-refractivity contribution is 0.318. The molecule has 0 saturated carbocycles. The molecule has 4 N–H and O–H groups in total. The molecule has 4 heteroatoms. The topological polar surface area (TPSA) is 70.6 Å². The van der Waals surface area contributed by atoms with Crippen molar-refractivity contribution in [2.75, 3.05) is 6.54 Å². The van der Waals surface area contributed by atoms with Crippen LogP contribution in [0, 0.1) is 5.92 Å². The van der Waals surface area contributed by atoms with Crippen LogP contribution in [-0.4, -0.2) is 17.6 Å². The van der Waals surface area contributed by atoms with Crippen molar-refractivity contribution in [3.63, 3.8) is 0 Å². The third-order valence-corrected chi connectivity index (χ3v) is 3.66. The minimum Gasteiger partial charge on any atom is -0.409 e. The fourth-order valence-corrected chi connectivity index (χ4v) is 2.22. The van der Waals surface area contributed by atoms with Crippen LogP contribution in [0.2, 0.25) is 0 Å². The van der Waals surface area contributed by atoms with Gasteiger partial charge < -0.3 is 16.3 Å². The predicted molar refractivity (Wildman–Crippen MR) is 84.0 cm³/mol. The summed E-state index contributed by atoms with van der Waals surface area (Å²) in [5.41, 5.74) is 7.49. The second kappa shape index (κ2) is 9.37. The monoisotopic (exact) mass is 277 g/mol. The van der Waals surface area contributed by atoms with Crippen molar-refractivity contribution >= 4 is 5.84 Å². The first kappa shape index (κ1) is 16.5. The number of nitrogens with one attached hydrogen (secondary N) is 1. The van der Waals surface area contributed by atoms with Crippen LogP contribution in [0.5, 0.6) is 0 Å². The van der Waals surface area contributed by atoms with Gasteiger partial charge in [-0.3, -0.25) is 0 Å². The van der Waals surface area contributed by atoms with E-state index in [1.807, 2.05) is 24.3 Å². The summed E-state index contributed by atoms with van der Waals surface area (Å²) in [6.07, 6.45) is 5.12. The van der Waals surface area contributed by atoms with Crippen LogP contribution in [0.15, 0.2) is 29.4 Å². The second-order valence-electron chi connectivity index (χ2n) is 5.23. The Kier molecular flexibility index (Phi) is 7.73. The number of benzene rings is 1. The van der Waals surface area contributed by atoms with Gasteiger partial charge in [0, 0.05) is 12.1 Å². The van der Waals surface area contributed by atoms with E-state index >= 15 is 0 Å². The minimum atomic E-state index is 0.148. The van der Waals surface area contributed by atoms with E-state index in [2.05, 4.69) is 24.3 Å². The zero-order valence-electron chi connectivity index (χ0n) is 12.6. The molecule has 0 aromatic heterocycles. The molecular formula is C16H27N3O. The smallest absolute Gasteiger partial charge is 0.170 e. The van der Waals surface area contributed by atoms with Crippen LogP contribution in [-0.2, 0) is 6.54 Å². The third kappa shape index (κ3) is 5.61. The summed E-state index contributed by atoms with van der Waals surface area (Å²) in [5, 5.41) is 15.1. The van der Waals surface area contributed by atoms with E-state index in [0.29, 0.717) is 0 Å². The fourth-order valence-electron chi connectivity index (χ4n) is 2.22. The lowest BCUT2D eigenvalue weighted by Gasteiger charge is -2.15. The van der Waals surface area contributed by atoms with Crippen molar-refractivity contribution in [2.24, 2.45) is 16.8 Å². The third-order valence-electron chi connectivity index (χ3n) is 3.66. The molecule has 0 fully saturated rings. The van der Waals surface area contributed by atoms with Crippen molar-refractivity contribution in [1.82, 2.24) is 5.32 Å². The van der Waals surface area contributed by atoms with Gasteiger partial charge in [-0.2, -0.15) is 0 Å². The number of hydrogen-bond acceptors (Lipinski definition) is 3. The van der Waals surface area contributed by atoms with Gasteiger partial charge >= 0.3 is 0 Å². The van der Waals surface area contributed by atoms with Crippen LogP contribution >= 0.6 is 0 Å². The SMILES string of the molecule is CCCCC(CC)CNCc1ccc(/C(N)=N/O)cc1. The van der Waals surface area contributed by atoms with Crippen molar-refractivity contribution in [1.29, 1.82) is 0 Å². The van der Waals surface area contributed by atoms with Gasteiger partial charge in [0.1, 0.15) is 0 Å². The summed E-state index contributed by atoms with van der Waals surface area (Å²) in [6, 6.07) is 7.77. The molecular weight excluding hydrogens is 250 g/mol. The molecule has 0 bridgehead atoms. The van der Waals surface area contributed by atoms with Gasteiger partial charge in [0.25, 0.3) is 0 Å². The second-order valence-corrected chi connectivity index (χ2v) is 5.23. The van der Waals surface area contributed by atoms with E-state index in [1.54, 1.807) is 0 Å². The van der Waals surface area contributed by atoms with Gasteiger partial charge in [-0.15, -0.1) is 0 Å². The normalized spacial score (nSPS) is 13.4. The summed E-state index contributed by atoms with van der Waals surface area (Å²) in [5.74, 6) is 0.918. The average Bonchev–Trinajstić information content (AvgIpc) is 2.50. The highest BCUT2D eigenvalue weighted by Gasteiger charge is 2.05. The maximum Gasteiger partial charge on any atom is 0.170 e. The molecule has 0 aliphatic heterocycles. The van der Waals surface area contributed by atoms with E-state index in [-0.39, 0.29) is 5.84 Å². The Labute approximate surface area is 122 Å². The first-order valence-electron chi connectivity index (χ1n) is 7.48. The maximum absolute atomic E-state index is 8.61. The Morgan fingerprint density at radius 2 is 2.00 bits per heavy atom. The number of nitrogens with two attached hydrogens (primary N) is 1. The summed E-state index contributed by atoms with van der Waals surface area (Å²) in [4.78, 5) is 0. The molecule has 1 rings (SSSR count). The Hall–Kier alpha value is -1.55. The lowest BCUT2D eigenvalue weighted by atomic mass is 9.99. The van der Waals surface area contributed by atoms with E-state index < -0.39 is 0 Å². The molecule has 1 atom stereocenters. The van der Waals surface area contributed by atoms with Crippen molar-refractivity contribution < 1.29 is 5.21 Å². The molecule has 0 saturated heterocycles. The molecule has 20 heavy (non-hydrogen) atoms. The largest absolute Gasteiger partial charge is 0.409 e. The standard InChI is InChI=1S/C16H27N3O/c1-3-5-6-13(4-2)11-18-12-14-7-9-15(10-8-14)16(17)19-20/h7-10,13,18,20H,3-6,11-12H2,1-2H3,(H2,17,19).